The number of imidazole rings is 1. The molecule has 2 aliphatic rings. The summed E-state index contributed by atoms with van der Waals surface area (Å²) in [6.07, 6.45) is 12.0. The molecule has 28 heavy (non-hydrogen) atoms. The van der Waals surface area contributed by atoms with Gasteiger partial charge < -0.3 is 10.1 Å². The molecule has 2 aromatic rings. The Kier molecular flexibility index (Phi) is 6.04. The second-order valence-corrected chi connectivity index (χ2v) is 8.40. The second kappa shape index (κ2) is 8.68. The molecule has 1 spiro atoms. The number of H-pyrrole nitrogens is 1. The maximum Gasteiger partial charge on any atom is 0.127 e. The number of aliphatic hydroxyl groups excluding tert-OH is 1. The minimum Gasteiger partial charge on any atom is -0.396 e. The SMILES string of the molecule is CCc1ncc(CN2CCC3(CC2)CCN(Cc2ncc[nH]2)C[C@H]3CO)cn1. The molecule has 2 saturated heterocycles. The Morgan fingerprint density at radius 1 is 1.07 bits per heavy atom. The van der Waals surface area contributed by atoms with E-state index in [4.69, 9.17) is 0 Å². The highest BCUT2D eigenvalue weighted by atomic mass is 16.3. The van der Waals surface area contributed by atoms with Gasteiger partial charge in [0.2, 0.25) is 0 Å². The Bertz CT molecular complexity index is 724. The zero-order valence-electron chi connectivity index (χ0n) is 16.8. The smallest absolute Gasteiger partial charge is 0.127 e. The number of piperidine rings is 2. The number of aliphatic hydroxyl groups is 1. The van der Waals surface area contributed by atoms with Crippen molar-refractivity contribution in [2.75, 3.05) is 32.8 Å². The van der Waals surface area contributed by atoms with Gasteiger partial charge in [0.25, 0.3) is 0 Å². The van der Waals surface area contributed by atoms with Crippen molar-refractivity contribution in [3.05, 3.63) is 42.0 Å². The number of aromatic nitrogens is 4. The summed E-state index contributed by atoms with van der Waals surface area (Å²) in [5, 5.41) is 10.1. The standard InChI is InChI=1S/C21H32N6O/c1-2-19-24-11-17(12-25-19)13-26-8-3-21(4-9-26)5-10-27(14-18(21)16-28)15-20-22-6-7-23-20/h6-7,11-12,18,28H,2-5,8-10,13-16H2,1H3,(H,22,23)/t18-/m0/s1. The first-order chi connectivity index (χ1) is 13.7. The van der Waals surface area contributed by atoms with Gasteiger partial charge in [-0.15, -0.1) is 0 Å². The third kappa shape index (κ3) is 4.26. The first kappa shape index (κ1) is 19.5. The van der Waals surface area contributed by atoms with E-state index < -0.39 is 0 Å². The number of nitrogens with zero attached hydrogens (tertiary/aromatic N) is 5. The van der Waals surface area contributed by atoms with Gasteiger partial charge in [-0.25, -0.2) is 15.0 Å². The average molecular weight is 385 g/mol. The van der Waals surface area contributed by atoms with E-state index in [1.807, 2.05) is 18.6 Å². The molecular weight excluding hydrogens is 352 g/mol. The molecular formula is C21H32N6O. The Balaban J connectivity index is 1.32. The molecule has 2 N–H and O–H groups in total. The van der Waals surface area contributed by atoms with E-state index in [-0.39, 0.29) is 12.0 Å². The van der Waals surface area contributed by atoms with Crippen LogP contribution >= 0.6 is 0 Å². The molecule has 1 atom stereocenters. The molecule has 0 aliphatic carbocycles. The van der Waals surface area contributed by atoms with E-state index >= 15 is 0 Å². The lowest BCUT2D eigenvalue weighted by atomic mass is 9.64. The Morgan fingerprint density at radius 2 is 1.79 bits per heavy atom. The number of rotatable bonds is 6. The molecule has 0 aromatic carbocycles. The normalized spacial score (nSPS) is 23.3. The lowest BCUT2D eigenvalue weighted by Crippen LogP contribution is -2.53. The van der Waals surface area contributed by atoms with Crippen LogP contribution in [0.5, 0.6) is 0 Å². The maximum absolute atomic E-state index is 10.1. The maximum atomic E-state index is 10.1. The van der Waals surface area contributed by atoms with Gasteiger partial charge in [-0.05, 0) is 44.3 Å². The highest BCUT2D eigenvalue weighted by molar-refractivity contribution is 5.06. The van der Waals surface area contributed by atoms with Crippen LogP contribution in [-0.2, 0) is 19.5 Å². The lowest BCUT2D eigenvalue weighted by molar-refractivity contribution is -0.0455. The minimum absolute atomic E-state index is 0.279. The molecule has 2 aromatic heterocycles. The first-order valence-electron chi connectivity index (χ1n) is 10.5. The number of hydrogen-bond donors (Lipinski definition) is 2. The Morgan fingerprint density at radius 3 is 2.39 bits per heavy atom. The van der Waals surface area contributed by atoms with Crippen LogP contribution in [0.15, 0.2) is 24.8 Å². The summed E-state index contributed by atoms with van der Waals surface area (Å²) in [6.45, 7) is 8.35. The van der Waals surface area contributed by atoms with Crippen LogP contribution in [0.3, 0.4) is 0 Å². The molecule has 2 aliphatic heterocycles. The number of likely N-dealkylation sites (tertiary alicyclic amines) is 2. The summed E-state index contributed by atoms with van der Waals surface area (Å²) < 4.78 is 0. The molecule has 0 amide bonds. The van der Waals surface area contributed by atoms with Gasteiger partial charge in [-0.3, -0.25) is 9.80 Å². The van der Waals surface area contributed by atoms with E-state index in [2.05, 4.69) is 36.7 Å². The van der Waals surface area contributed by atoms with E-state index in [0.29, 0.717) is 5.92 Å². The number of hydrogen-bond acceptors (Lipinski definition) is 6. The number of nitrogens with one attached hydrogen (secondary N) is 1. The summed E-state index contributed by atoms with van der Waals surface area (Å²) in [4.78, 5) is 21.3. The van der Waals surface area contributed by atoms with Crippen molar-refractivity contribution in [1.82, 2.24) is 29.7 Å². The predicted octanol–water partition coefficient (Wildman–Crippen LogP) is 1.86. The van der Waals surface area contributed by atoms with Crippen molar-refractivity contribution in [3.8, 4) is 0 Å². The molecule has 0 unspecified atom stereocenters. The molecule has 152 valence electrons. The summed E-state index contributed by atoms with van der Waals surface area (Å²) >= 11 is 0. The van der Waals surface area contributed by atoms with E-state index in [9.17, 15) is 5.11 Å². The fourth-order valence-corrected chi connectivity index (χ4v) is 4.89. The molecule has 0 bridgehead atoms. The molecule has 2 fully saturated rings. The largest absolute Gasteiger partial charge is 0.396 e. The van der Waals surface area contributed by atoms with Gasteiger partial charge >= 0.3 is 0 Å². The molecule has 7 nitrogen and oxygen atoms in total. The highest BCUT2D eigenvalue weighted by Crippen LogP contribution is 2.45. The summed E-state index contributed by atoms with van der Waals surface area (Å²) in [7, 11) is 0. The van der Waals surface area contributed by atoms with Crippen molar-refractivity contribution >= 4 is 0 Å². The zero-order chi connectivity index (χ0) is 19.4. The fraction of sp³-hybridized carbons (Fsp3) is 0.667. The van der Waals surface area contributed by atoms with Crippen LogP contribution in [-0.4, -0.2) is 67.6 Å². The molecule has 4 rings (SSSR count). The number of aryl methyl sites for hydroxylation is 1. The summed E-state index contributed by atoms with van der Waals surface area (Å²) in [6, 6.07) is 0. The van der Waals surface area contributed by atoms with Crippen molar-refractivity contribution in [2.45, 2.75) is 45.7 Å². The quantitative estimate of drug-likeness (QED) is 0.791. The molecule has 7 heteroatoms. The first-order valence-corrected chi connectivity index (χ1v) is 10.5. The molecule has 4 heterocycles. The average Bonchev–Trinajstić information content (AvgIpc) is 3.25. The Hall–Kier alpha value is -1.83. The van der Waals surface area contributed by atoms with Crippen molar-refractivity contribution in [1.29, 1.82) is 0 Å². The third-order valence-electron chi connectivity index (χ3n) is 6.75. The summed E-state index contributed by atoms with van der Waals surface area (Å²) in [5.74, 6) is 2.28. The van der Waals surface area contributed by atoms with Gasteiger partial charge in [0.05, 0.1) is 6.54 Å². The van der Waals surface area contributed by atoms with E-state index in [0.717, 1.165) is 57.3 Å². The second-order valence-electron chi connectivity index (χ2n) is 8.40. The third-order valence-corrected chi connectivity index (χ3v) is 6.75. The van der Waals surface area contributed by atoms with Gasteiger partial charge in [-0.2, -0.15) is 0 Å². The highest BCUT2D eigenvalue weighted by Gasteiger charge is 2.44. The van der Waals surface area contributed by atoms with E-state index in [1.54, 1.807) is 6.20 Å². The van der Waals surface area contributed by atoms with Crippen LogP contribution in [0.2, 0.25) is 0 Å². The number of aromatic amines is 1. The lowest BCUT2D eigenvalue weighted by Gasteiger charge is -2.51. The van der Waals surface area contributed by atoms with E-state index in [1.165, 1.54) is 24.8 Å². The van der Waals surface area contributed by atoms with Crippen LogP contribution < -0.4 is 0 Å². The molecule has 0 saturated carbocycles. The topological polar surface area (TPSA) is 81.2 Å². The summed E-state index contributed by atoms with van der Waals surface area (Å²) in [5.41, 5.74) is 1.48. The zero-order valence-corrected chi connectivity index (χ0v) is 16.8. The Labute approximate surface area is 167 Å². The van der Waals surface area contributed by atoms with Gasteiger partial charge in [0.1, 0.15) is 11.6 Å². The van der Waals surface area contributed by atoms with Crippen molar-refractivity contribution < 1.29 is 5.11 Å². The van der Waals surface area contributed by atoms with Crippen molar-refractivity contribution in [2.24, 2.45) is 11.3 Å². The minimum atomic E-state index is 0.279. The van der Waals surface area contributed by atoms with Gasteiger partial charge in [-0.1, -0.05) is 6.92 Å². The molecule has 0 radical (unpaired) electrons. The van der Waals surface area contributed by atoms with Gasteiger partial charge in [0.15, 0.2) is 0 Å². The van der Waals surface area contributed by atoms with Crippen LogP contribution in [0.25, 0.3) is 0 Å². The van der Waals surface area contributed by atoms with Crippen molar-refractivity contribution in [3.63, 3.8) is 0 Å². The van der Waals surface area contributed by atoms with Crippen LogP contribution in [0.4, 0.5) is 0 Å². The van der Waals surface area contributed by atoms with Crippen LogP contribution in [0, 0.1) is 11.3 Å². The monoisotopic (exact) mass is 384 g/mol. The van der Waals surface area contributed by atoms with Crippen LogP contribution in [0.1, 0.15) is 43.4 Å². The van der Waals surface area contributed by atoms with Gasteiger partial charge in [0, 0.05) is 62.4 Å². The predicted molar refractivity (Wildman–Crippen MR) is 107 cm³/mol. The fourth-order valence-electron chi connectivity index (χ4n) is 4.89.